The molecule has 0 radical (unpaired) electrons. The molecule has 0 fully saturated rings. The van der Waals surface area contributed by atoms with E-state index in [1.807, 2.05) is 48.5 Å². The first kappa shape index (κ1) is 26.2. The van der Waals surface area contributed by atoms with Crippen molar-refractivity contribution in [2.45, 2.75) is 52.0 Å². The number of fused-ring (bicyclic) bond motifs is 1. The second-order valence-corrected chi connectivity index (χ2v) is 10.3. The first-order valence-corrected chi connectivity index (χ1v) is 13.1. The van der Waals surface area contributed by atoms with Gasteiger partial charge in [-0.1, -0.05) is 81.4 Å². The maximum Gasteiger partial charge on any atom is 0.243 e. The van der Waals surface area contributed by atoms with E-state index in [0.29, 0.717) is 13.2 Å². The molecule has 192 valence electrons. The van der Waals surface area contributed by atoms with E-state index in [-0.39, 0.29) is 11.3 Å². The molecule has 1 N–H and O–H groups in total. The summed E-state index contributed by atoms with van der Waals surface area (Å²) >= 11 is 0. The Morgan fingerprint density at radius 3 is 2.49 bits per heavy atom. The molecule has 3 aromatic carbocycles. The van der Waals surface area contributed by atoms with Gasteiger partial charge in [0.15, 0.2) is 0 Å². The Bertz CT molecular complexity index is 1330. The summed E-state index contributed by atoms with van der Waals surface area (Å²) < 4.78 is 8.50. The number of nitrogens with one attached hydrogen (secondary N) is 1. The van der Waals surface area contributed by atoms with Gasteiger partial charge in [-0.2, -0.15) is 0 Å². The summed E-state index contributed by atoms with van der Waals surface area (Å²) in [6.07, 6.45) is 5.92. The normalized spacial score (nSPS) is 11.8. The van der Waals surface area contributed by atoms with Crippen LogP contribution in [0.25, 0.3) is 17.1 Å². The van der Waals surface area contributed by atoms with Crippen LogP contribution in [0.1, 0.15) is 50.6 Å². The summed E-state index contributed by atoms with van der Waals surface area (Å²) in [5.41, 5.74) is 4.42. The van der Waals surface area contributed by atoms with Crippen LogP contribution in [0.4, 0.5) is 0 Å². The van der Waals surface area contributed by atoms with Crippen molar-refractivity contribution >= 4 is 23.0 Å². The van der Waals surface area contributed by atoms with Crippen LogP contribution in [0.5, 0.6) is 5.75 Å². The molecule has 0 aliphatic carbocycles. The van der Waals surface area contributed by atoms with Crippen molar-refractivity contribution in [3.05, 3.63) is 102 Å². The highest BCUT2D eigenvalue weighted by Crippen LogP contribution is 2.31. The minimum atomic E-state index is -0.0787. The van der Waals surface area contributed by atoms with Crippen molar-refractivity contribution in [1.29, 1.82) is 0 Å². The van der Waals surface area contributed by atoms with Gasteiger partial charge < -0.3 is 14.6 Å². The molecule has 1 heterocycles. The number of amides is 1. The van der Waals surface area contributed by atoms with Gasteiger partial charge in [0, 0.05) is 25.6 Å². The van der Waals surface area contributed by atoms with E-state index >= 15 is 0 Å². The first-order valence-electron chi connectivity index (χ1n) is 13.1. The molecule has 1 amide bonds. The molecule has 0 spiro atoms. The number of ether oxygens (including phenoxy) is 1. The number of rotatable bonds is 11. The summed E-state index contributed by atoms with van der Waals surface area (Å²) in [7, 11) is 0. The first-order chi connectivity index (χ1) is 17.9. The van der Waals surface area contributed by atoms with Crippen LogP contribution in [-0.4, -0.2) is 28.6 Å². The number of hydrogen-bond acceptors (Lipinski definition) is 3. The van der Waals surface area contributed by atoms with E-state index in [4.69, 9.17) is 9.72 Å². The monoisotopic (exact) mass is 495 g/mol. The fourth-order valence-electron chi connectivity index (χ4n) is 4.44. The molecule has 1 aromatic heterocycles. The van der Waals surface area contributed by atoms with E-state index in [1.54, 1.807) is 6.08 Å². The number of nitrogens with zero attached hydrogens (tertiary/aromatic N) is 2. The molecule has 5 nitrogen and oxygen atoms in total. The number of aromatic nitrogens is 2. The molecule has 0 saturated heterocycles. The van der Waals surface area contributed by atoms with Crippen LogP contribution in [0.2, 0.25) is 0 Å². The molecule has 37 heavy (non-hydrogen) atoms. The molecule has 0 unspecified atom stereocenters. The number of hydrogen-bond donors (Lipinski definition) is 1. The molecule has 0 aliphatic rings. The third kappa shape index (κ3) is 7.32. The van der Waals surface area contributed by atoms with Crippen LogP contribution >= 0.6 is 0 Å². The Morgan fingerprint density at radius 1 is 0.946 bits per heavy atom. The number of benzene rings is 3. The number of para-hydroxylation sites is 3. The van der Waals surface area contributed by atoms with Gasteiger partial charge in [-0.25, -0.2) is 4.98 Å². The predicted molar refractivity (Wildman–Crippen MR) is 152 cm³/mol. The van der Waals surface area contributed by atoms with Crippen molar-refractivity contribution in [2.75, 3.05) is 13.2 Å². The maximum atomic E-state index is 12.2. The second kappa shape index (κ2) is 12.4. The summed E-state index contributed by atoms with van der Waals surface area (Å²) in [6.45, 7) is 8.71. The smallest absolute Gasteiger partial charge is 0.243 e. The third-order valence-corrected chi connectivity index (χ3v) is 6.32. The molecule has 0 atom stereocenters. The Hall–Kier alpha value is -3.86. The van der Waals surface area contributed by atoms with Gasteiger partial charge in [0.05, 0.1) is 17.6 Å². The number of carbonyl (C=O) groups excluding carboxylic acids is 1. The van der Waals surface area contributed by atoms with E-state index in [1.165, 1.54) is 5.56 Å². The maximum absolute atomic E-state index is 12.2. The number of imidazole rings is 1. The Balaban J connectivity index is 1.31. The van der Waals surface area contributed by atoms with Crippen LogP contribution in [-0.2, 0) is 23.2 Å². The Labute approximate surface area is 220 Å². The molecular formula is C32H37N3O2. The van der Waals surface area contributed by atoms with Crippen molar-refractivity contribution < 1.29 is 9.53 Å². The van der Waals surface area contributed by atoms with Gasteiger partial charge in [-0.3, -0.25) is 4.79 Å². The standard InChI is InChI=1S/C32H37N3O2/c1-32(2,3)26-15-7-10-18-29(26)37-24-12-23-35-28-17-9-8-16-27(28)34-30(35)19-11-22-33-31(36)21-20-25-13-5-4-6-14-25/h4-10,13-18,20-21H,11-12,19,22-24H2,1-3H3,(H,33,36)/b21-20+. The Morgan fingerprint density at radius 2 is 1.68 bits per heavy atom. The largest absolute Gasteiger partial charge is 0.493 e. The number of carbonyl (C=O) groups is 1. The SMILES string of the molecule is CC(C)(C)c1ccccc1OCCCn1c(CCCNC(=O)/C=C/c2ccccc2)nc2ccccc21. The van der Waals surface area contributed by atoms with E-state index in [2.05, 4.69) is 67.1 Å². The van der Waals surface area contributed by atoms with Crippen LogP contribution in [0.3, 0.4) is 0 Å². The molecule has 4 aromatic rings. The lowest BCUT2D eigenvalue weighted by Crippen LogP contribution is -2.22. The van der Waals surface area contributed by atoms with Crippen LogP contribution in [0, 0.1) is 0 Å². The van der Waals surface area contributed by atoms with Gasteiger partial charge in [-0.05, 0) is 53.7 Å². The molecular weight excluding hydrogens is 458 g/mol. The fourth-order valence-corrected chi connectivity index (χ4v) is 4.44. The molecule has 0 saturated carbocycles. The van der Waals surface area contributed by atoms with Crippen molar-refractivity contribution in [1.82, 2.24) is 14.9 Å². The predicted octanol–water partition coefficient (Wildman–Crippen LogP) is 6.57. The molecule has 5 heteroatoms. The minimum Gasteiger partial charge on any atom is -0.493 e. The van der Waals surface area contributed by atoms with Crippen LogP contribution in [0.15, 0.2) is 84.9 Å². The molecule has 4 rings (SSSR count). The lowest BCUT2D eigenvalue weighted by atomic mass is 9.86. The zero-order chi connectivity index (χ0) is 26.1. The quantitative estimate of drug-likeness (QED) is 0.189. The highest BCUT2D eigenvalue weighted by molar-refractivity contribution is 5.91. The van der Waals surface area contributed by atoms with Gasteiger partial charge in [-0.15, -0.1) is 0 Å². The summed E-state index contributed by atoms with van der Waals surface area (Å²) in [5.74, 6) is 1.93. The van der Waals surface area contributed by atoms with Crippen molar-refractivity contribution in [3.63, 3.8) is 0 Å². The summed E-state index contributed by atoms with van der Waals surface area (Å²) in [6, 6.07) is 26.4. The number of aryl methyl sites for hydroxylation is 2. The average molecular weight is 496 g/mol. The van der Waals surface area contributed by atoms with E-state index < -0.39 is 0 Å². The highest BCUT2D eigenvalue weighted by Gasteiger charge is 2.18. The lowest BCUT2D eigenvalue weighted by molar-refractivity contribution is -0.116. The minimum absolute atomic E-state index is 0.0388. The van der Waals surface area contributed by atoms with Crippen molar-refractivity contribution in [3.8, 4) is 5.75 Å². The topological polar surface area (TPSA) is 56.1 Å². The average Bonchev–Trinajstić information content (AvgIpc) is 3.25. The van der Waals surface area contributed by atoms with Crippen LogP contribution < -0.4 is 10.1 Å². The van der Waals surface area contributed by atoms with Crippen molar-refractivity contribution in [2.24, 2.45) is 0 Å². The summed E-state index contributed by atoms with van der Waals surface area (Å²) in [5, 5.41) is 2.98. The van der Waals surface area contributed by atoms with Gasteiger partial charge in [0.1, 0.15) is 11.6 Å². The second-order valence-electron chi connectivity index (χ2n) is 10.3. The Kier molecular flexibility index (Phi) is 8.78. The highest BCUT2D eigenvalue weighted by atomic mass is 16.5. The van der Waals surface area contributed by atoms with Gasteiger partial charge in [0.25, 0.3) is 0 Å². The molecule has 0 aliphatic heterocycles. The lowest BCUT2D eigenvalue weighted by Gasteiger charge is -2.22. The zero-order valence-corrected chi connectivity index (χ0v) is 22.1. The van der Waals surface area contributed by atoms with Gasteiger partial charge in [0.2, 0.25) is 5.91 Å². The van der Waals surface area contributed by atoms with E-state index in [0.717, 1.165) is 54.0 Å². The zero-order valence-electron chi connectivity index (χ0n) is 22.1. The van der Waals surface area contributed by atoms with Gasteiger partial charge >= 0.3 is 0 Å². The van der Waals surface area contributed by atoms with E-state index in [9.17, 15) is 4.79 Å². The fraction of sp³-hybridized carbons (Fsp3) is 0.312. The summed E-state index contributed by atoms with van der Waals surface area (Å²) in [4.78, 5) is 17.1. The molecule has 0 bridgehead atoms. The third-order valence-electron chi connectivity index (χ3n) is 6.32.